The standard InChI is InChI=1S/C17H19Cl/c1-14-8-5-6-9-15(14)12-7-13-17(18)16-10-3-2-4-11-16/h2-6,8-11,17H,7,12-13H2,1H3. The molecule has 0 radical (unpaired) electrons. The van der Waals surface area contributed by atoms with Crippen molar-refractivity contribution in [1.82, 2.24) is 0 Å². The largest absolute Gasteiger partial charge is 0.118 e. The quantitative estimate of drug-likeness (QED) is 0.639. The minimum Gasteiger partial charge on any atom is -0.118 e. The van der Waals surface area contributed by atoms with E-state index in [0.717, 1.165) is 19.3 Å². The van der Waals surface area contributed by atoms with Gasteiger partial charge in [0.05, 0.1) is 5.38 Å². The molecule has 0 aliphatic carbocycles. The molecule has 1 heteroatoms. The molecule has 0 saturated heterocycles. The van der Waals surface area contributed by atoms with Crippen molar-refractivity contribution in [3.05, 3.63) is 71.3 Å². The summed E-state index contributed by atoms with van der Waals surface area (Å²) in [6.07, 6.45) is 3.27. The lowest BCUT2D eigenvalue weighted by molar-refractivity contribution is 0.714. The molecule has 0 amide bonds. The van der Waals surface area contributed by atoms with Crippen molar-refractivity contribution in [2.45, 2.75) is 31.6 Å². The van der Waals surface area contributed by atoms with E-state index in [2.05, 4.69) is 43.3 Å². The van der Waals surface area contributed by atoms with E-state index in [0.29, 0.717) is 0 Å². The van der Waals surface area contributed by atoms with Gasteiger partial charge in [0.15, 0.2) is 0 Å². The van der Waals surface area contributed by atoms with E-state index < -0.39 is 0 Å². The SMILES string of the molecule is Cc1ccccc1CCCC(Cl)c1ccccc1. The summed E-state index contributed by atoms with van der Waals surface area (Å²) >= 11 is 6.41. The Balaban J connectivity index is 1.84. The van der Waals surface area contributed by atoms with Gasteiger partial charge >= 0.3 is 0 Å². The molecule has 0 fully saturated rings. The summed E-state index contributed by atoms with van der Waals surface area (Å²) in [5.41, 5.74) is 4.04. The van der Waals surface area contributed by atoms with Gasteiger partial charge in [0.2, 0.25) is 0 Å². The molecule has 0 aliphatic heterocycles. The van der Waals surface area contributed by atoms with Gasteiger partial charge in [-0.3, -0.25) is 0 Å². The first-order valence-electron chi connectivity index (χ1n) is 6.51. The van der Waals surface area contributed by atoms with Crippen LogP contribution in [0.4, 0.5) is 0 Å². The molecule has 2 rings (SSSR count). The van der Waals surface area contributed by atoms with Crippen LogP contribution >= 0.6 is 11.6 Å². The van der Waals surface area contributed by atoms with E-state index in [1.807, 2.05) is 18.2 Å². The zero-order valence-corrected chi connectivity index (χ0v) is 11.5. The highest BCUT2D eigenvalue weighted by molar-refractivity contribution is 6.20. The van der Waals surface area contributed by atoms with E-state index in [1.54, 1.807) is 0 Å². The van der Waals surface area contributed by atoms with Crippen LogP contribution in [-0.2, 0) is 6.42 Å². The van der Waals surface area contributed by atoms with Crippen molar-refractivity contribution in [2.24, 2.45) is 0 Å². The summed E-state index contributed by atoms with van der Waals surface area (Å²) in [7, 11) is 0. The zero-order valence-electron chi connectivity index (χ0n) is 10.8. The Hall–Kier alpha value is -1.27. The van der Waals surface area contributed by atoms with Gasteiger partial charge in [-0.15, -0.1) is 11.6 Å². The Morgan fingerprint density at radius 2 is 1.61 bits per heavy atom. The summed E-state index contributed by atoms with van der Waals surface area (Å²) < 4.78 is 0. The molecule has 18 heavy (non-hydrogen) atoms. The van der Waals surface area contributed by atoms with Gasteiger partial charge in [-0.25, -0.2) is 0 Å². The molecule has 1 unspecified atom stereocenters. The number of hydrogen-bond donors (Lipinski definition) is 0. The number of hydrogen-bond acceptors (Lipinski definition) is 0. The van der Waals surface area contributed by atoms with Gasteiger partial charge in [-0.2, -0.15) is 0 Å². The molecular formula is C17H19Cl. The first kappa shape index (κ1) is 13.2. The van der Waals surface area contributed by atoms with Gasteiger partial charge in [0, 0.05) is 0 Å². The van der Waals surface area contributed by atoms with Crippen molar-refractivity contribution >= 4 is 11.6 Å². The monoisotopic (exact) mass is 258 g/mol. The Labute approximate surface area is 115 Å². The van der Waals surface area contributed by atoms with Gasteiger partial charge in [-0.05, 0) is 42.9 Å². The fraction of sp³-hybridized carbons (Fsp3) is 0.294. The van der Waals surface area contributed by atoms with E-state index >= 15 is 0 Å². The topological polar surface area (TPSA) is 0 Å². The predicted molar refractivity (Wildman–Crippen MR) is 79.2 cm³/mol. The van der Waals surface area contributed by atoms with Crippen molar-refractivity contribution < 1.29 is 0 Å². The number of aryl methyl sites for hydroxylation is 2. The molecule has 0 saturated carbocycles. The molecule has 0 N–H and O–H groups in total. The zero-order chi connectivity index (χ0) is 12.8. The third-order valence-electron chi connectivity index (χ3n) is 3.33. The summed E-state index contributed by atoms with van der Waals surface area (Å²) in [5.74, 6) is 0. The first-order valence-corrected chi connectivity index (χ1v) is 6.94. The summed E-state index contributed by atoms with van der Waals surface area (Å²) in [6.45, 7) is 2.17. The lowest BCUT2D eigenvalue weighted by atomic mass is 10.0. The summed E-state index contributed by atoms with van der Waals surface area (Å²) in [4.78, 5) is 0. The number of benzene rings is 2. The fourth-order valence-electron chi connectivity index (χ4n) is 2.19. The number of alkyl halides is 1. The van der Waals surface area contributed by atoms with E-state index in [1.165, 1.54) is 16.7 Å². The predicted octanol–water partition coefficient (Wildman–Crippen LogP) is 5.30. The van der Waals surface area contributed by atoms with Crippen LogP contribution in [0.15, 0.2) is 54.6 Å². The van der Waals surface area contributed by atoms with Gasteiger partial charge in [0.25, 0.3) is 0 Å². The normalized spacial score (nSPS) is 12.3. The van der Waals surface area contributed by atoms with E-state index in [9.17, 15) is 0 Å². The molecular weight excluding hydrogens is 240 g/mol. The highest BCUT2D eigenvalue weighted by atomic mass is 35.5. The molecule has 1 atom stereocenters. The Morgan fingerprint density at radius 1 is 0.944 bits per heavy atom. The molecule has 0 aromatic heterocycles. The van der Waals surface area contributed by atoms with Gasteiger partial charge in [-0.1, -0.05) is 54.6 Å². The van der Waals surface area contributed by atoms with Crippen LogP contribution < -0.4 is 0 Å². The Kier molecular flexibility index (Phi) is 4.83. The van der Waals surface area contributed by atoms with Crippen LogP contribution in [0.2, 0.25) is 0 Å². The summed E-state index contributed by atoms with van der Waals surface area (Å²) in [5, 5.41) is 0.134. The van der Waals surface area contributed by atoms with Crippen LogP contribution in [0.1, 0.15) is 34.9 Å². The average Bonchev–Trinajstić information content (AvgIpc) is 2.42. The lowest BCUT2D eigenvalue weighted by Gasteiger charge is -2.10. The number of halogens is 1. The minimum atomic E-state index is 0.134. The van der Waals surface area contributed by atoms with Crippen LogP contribution in [-0.4, -0.2) is 0 Å². The third kappa shape index (κ3) is 3.61. The lowest BCUT2D eigenvalue weighted by Crippen LogP contribution is -1.94. The molecule has 0 spiro atoms. The molecule has 2 aromatic carbocycles. The van der Waals surface area contributed by atoms with Crippen molar-refractivity contribution in [3.8, 4) is 0 Å². The Morgan fingerprint density at radius 3 is 2.33 bits per heavy atom. The van der Waals surface area contributed by atoms with E-state index in [-0.39, 0.29) is 5.38 Å². The molecule has 0 aliphatic rings. The van der Waals surface area contributed by atoms with Gasteiger partial charge in [0.1, 0.15) is 0 Å². The molecule has 2 aromatic rings. The van der Waals surface area contributed by atoms with Crippen molar-refractivity contribution in [2.75, 3.05) is 0 Å². The maximum absolute atomic E-state index is 6.41. The van der Waals surface area contributed by atoms with E-state index in [4.69, 9.17) is 11.6 Å². The Bertz CT molecular complexity index is 476. The average molecular weight is 259 g/mol. The van der Waals surface area contributed by atoms with Crippen LogP contribution in [0.25, 0.3) is 0 Å². The molecule has 94 valence electrons. The minimum absolute atomic E-state index is 0.134. The first-order chi connectivity index (χ1) is 8.77. The fourth-order valence-corrected chi connectivity index (χ4v) is 2.49. The maximum Gasteiger partial charge on any atom is 0.0585 e. The molecule has 0 bridgehead atoms. The van der Waals surface area contributed by atoms with Crippen LogP contribution in [0.3, 0.4) is 0 Å². The maximum atomic E-state index is 6.41. The second-order valence-corrected chi connectivity index (χ2v) is 5.22. The third-order valence-corrected chi connectivity index (χ3v) is 3.80. The molecule has 0 heterocycles. The van der Waals surface area contributed by atoms with Gasteiger partial charge < -0.3 is 0 Å². The van der Waals surface area contributed by atoms with Crippen molar-refractivity contribution in [1.29, 1.82) is 0 Å². The highest BCUT2D eigenvalue weighted by Crippen LogP contribution is 2.26. The smallest absolute Gasteiger partial charge is 0.0585 e. The number of rotatable bonds is 5. The molecule has 0 nitrogen and oxygen atoms in total. The van der Waals surface area contributed by atoms with Crippen LogP contribution in [0, 0.1) is 6.92 Å². The second-order valence-electron chi connectivity index (χ2n) is 4.70. The highest BCUT2D eigenvalue weighted by Gasteiger charge is 2.07. The summed E-state index contributed by atoms with van der Waals surface area (Å²) in [6, 6.07) is 18.9. The van der Waals surface area contributed by atoms with Crippen molar-refractivity contribution in [3.63, 3.8) is 0 Å². The second kappa shape index (κ2) is 6.61. The van der Waals surface area contributed by atoms with Crippen LogP contribution in [0.5, 0.6) is 0 Å².